The largest absolute Gasteiger partial charge is 0.354 e. The van der Waals surface area contributed by atoms with Crippen LogP contribution in [-0.4, -0.2) is 36.9 Å². The first-order valence-corrected chi connectivity index (χ1v) is 8.93. The number of rotatable bonds is 8. The second kappa shape index (κ2) is 8.64. The Morgan fingerprint density at radius 1 is 1.29 bits per heavy atom. The van der Waals surface area contributed by atoms with Crippen LogP contribution in [0.25, 0.3) is 0 Å². The quantitative estimate of drug-likeness (QED) is 0.748. The molecule has 0 fully saturated rings. The van der Waals surface area contributed by atoms with Crippen LogP contribution >= 0.6 is 11.3 Å². The van der Waals surface area contributed by atoms with Crippen LogP contribution in [0.1, 0.15) is 35.3 Å². The number of thiophene rings is 1. The molecule has 0 aliphatic heterocycles. The first kappa shape index (κ1) is 18.2. The van der Waals surface area contributed by atoms with Gasteiger partial charge in [0, 0.05) is 36.9 Å². The molecule has 24 heavy (non-hydrogen) atoms. The van der Waals surface area contributed by atoms with Gasteiger partial charge in [0.25, 0.3) is 0 Å². The molecule has 0 aliphatic carbocycles. The predicted molar refractivity (Wildman–Crippen MR) is 98.3 cm³/mol. The van der Waals surface area contributed by atoms with Crippen LogP contribution in [-0.2, 0) is 9.59 Å². The van der Waals surface area contributed by atoms with Crippen molar-refractivity contribution in [3.63, 3.8) is 0 Å². The summed E-state index contributed by atoms with van der Waals surface area (Å²) in [7, 11) is 1.71. The van der Waals surface area contributed by atoms with Crippen molar-refractivity contribution in [2.24, 2.45) is 0 Å². The molecule has 2 atom stereocenters. The highest BCUT2D eigenvalue weighted by Crippen LogP contribution is 2.31. The zero-order chi connectivity index (χ0) is 17.5. The van der Waals surface area contributed by atoms with Crippen LogP contribution in [0.3, 0.4) is 0 Å². The number of likely N-dealkylation sites (N-methyl/N-ethyl adjacent to an activating group) is 1. The third-order valence-corrected chi connectivity index (χ3v) is 5.20. The Balaban J connectivity index is 2.05. The van der Waals surface area contributed by atoms with Gasteiger partial charge in [-0.05, 0) is 30.9 Å². The van der Waals surface area contributed by atoms with Crippen molar-refractivity contribution in [1.29, 1.82) is 0 Å². The molecule has 4 nitrogen and oxygen atoms in total. The van der Waals surface area contributed by atoms with Gasteiger partial charge in [0.05, 0.1) is 0 Å². The molecule has 2 rings (SSSR count). The number of hydrogen-bond donors (Lipinski definition) is 1. The molecule has 0 bridgehead atoms. The van der Waals surface area contributed by atoms with Crippen LogP contribution in [0, 0.1) is 6.92 Å². The third kappa shape index (κ3) is 4.93. The first-order chi connectivity index (χ1) is 11.5. The van der Waals surface area contributed by atoms with Gasteiger partial charge in [-0.1, -0.05) is 35.9 Å². The van der Waals surface area contributed by atoms with Crippen LogP contribution in [0.4, 0.5) is 0 Å². The van der Waals surface area contributed by atoms with E-state index in [1.165, 1.54) is 10.4 Å². The van der Waals surface area contributed by atoms with Crippen molar-refractivity contribution in [3.8, 4) is 0 Å². The van der Waals surface area contributed by atoms with E-state index in [0.29, 0.717) is 13.0 Å². The number of hydrogen-bond acceptors (Lipinski definition) is 3. The van der Waals surface area contributed by atoms with Crippen molar-refractivity contribution >= 4 is 23.7 Å². The van der Waals surface area contributed by atoms with Crippen LogP contribution in [0.15, 0.2) is 41.8 Å². The summed E-state index contributed by atoms with van der Waals surface area (Å²) in [5.74, 6) is 0.0600. The van der Waals surface area contributed by atoms with Crippen molar-refractivity contribution in [3.05, 3.63) is 57.8 Å². The molecule has 128 valence electrons. The van der Waals surface area contributed by atoms with E-state index in [1.54, 1.807) is 23.3 Å². The van der Waals surface area contributed by atoms with Gasteiger partial charge in [-0.3, -0.25) is 9.59 Å². The average molecular weight is 344 g/mol. The van der Waals surface area contributed by atoms with Gasteiger partial charge in [0.1, 0.15) is 0 Å². The topological polar surface area (TPSA) is 49.4 Å². The second-order valence-electron chi connectivity index (χ2n) is 6.11. The number of nitrogens with zero attached hydrogens (tertiary/aromatic N) is 1. The molecule has 2 amide bonds. The second-order valence-corrected chi connectivity index (χ2v) is 7.09. The summed E-state index contributed by atoms with van der Waals surface area (Å²) in [5, 5.41) is 4.97. The fourth-order valence-electron chi connectivity index (χ4n) is 2.44. The number of benzene rings is 1. The lowest BCUT2D eigenvalue weighted by Gasteiger charge is -2.21. The Hall–Kier alpha value is -2.14. The predicted octanol–water partition coefficient (Wildman–Crippen LogP) is 3.17. The zero-order valence-corrected chi connectivity index (χ0v) is 15.2. The van der Waals surface area contributed by atoms with E-state index < -0.39 is 0 Å². The highest BCUT2D eigenvalue weighted by Gasteiger charge is 2.19. The van der Waals surface area contributed by atoms with E-state index >= 15 is 0 Å². The monoisotopic (exact) mass is 344 g/mol. The molecule has 0 spiro atoms. The van der Waals surface area contributed by atoms with Gasteiger partial charge in [-0.2, -0.15) is 0 Å². The molecule has 2 aromatic rings. The molecule has 0 saturated carbocycles. The molecule has 0 radical (unpaired) electrons. The molecule has 1 heterocycles. The minimum absolute atomic E-state index is 0.000115. The van der Waals surface area contributed by atoms with Crippen LogP contribution < -0.4 is 5.32 Å². The summed E-state index contributed by atoms with van der Waals surface area (Å²) >= 11 is 1.67. The van der Waals surface area contributed by atoms with E-state index in [-0.39, 0.29) is 17.9 Å². The summed E-state index contributed by atoms with van der Waals surface area (Å²) in [4.78, 5) is 25.9. The minimum Gasteiger partial charge on any atom is -0.354 e. The molecule has 5 heteroatoms. The summed E-state index contributed by atoms with van der Waals surface area (Å²) in [6.45, 7) is 4.42. The number of amides is 2. The number of nitrogens with one attached hydrogen (secondary N) is 1. The molecule has 0 aliphatic rings. The van der Waals surface area contributed by atoms with Crippen molar-refractivity contribution in [2.45, 2.75) is 32.2 Å². The first-order valence-electron chi connectivity index (χ1n) is 8.05. The Labute approximate surface area is 147 Å². The number of carbonyl (C=O) groups excluding carboxylic acids is 2. The SMILES string of the molecule is Cc1ccc(C(CC(=O)NC[C@@H](C)N(C)C=O)c2cccs2)cc1. The van der Waals surface area contributed by atoms with E-state index in [0.717, 1.165) is 12.0 Å². The van der Waals surface area contributed by atoms with E-state index in [9.17, 15) is 9.59 Å². The fourth-order valence-corrected chi connectivity index (χ4v) is 3.29. The lowest BCUT2D eigenvalue weighted by molar-refractivity contribution is -0.123. The molecule has 1 aromatic heterocycles. The van der Waals surface area contributed by atoms with Gasteiger partial charge >= 0.3 is 0 Å². The number of aryl methyl sites for hydroxylation is 1. The number of carbonyl (C=O) groups is 2. The van der Waals surface area contributed by atoms with Crippen molar-refractivity contribution in [2.75, 3.05) is 13.6 Å². The summed E-state index contributed by atoms with van der Waals surface area (Å²) in [6, 6.07) is 12.4. The highest BCUT2D eigenvalue weighted by atomic mass is 32.1. The van der Waals surface area contributed by atoms with Gasteiger partial charge in [-0.15, -0.1) is 11.3 Å². The molecule has 1 N–H and O–H groups in total. The van der Waals surface area contributed by atoms with Crippen LogP contribution in [0.5, 0.6) is 0 Å². The van der Waals surface area contributed by atoms with Gasteiger partial charge in [0.15, 0.2) is 0 Å². The van der Waals surface area contributed by atoms with Crippen molar-refractivity contribution in [1.82, 2.24) is 10.2 Å². The van der Waals surface area contributed by atoms with Gasteiger partial charge in [-0.25, -0.2) is 0 Å². The summed E-state index contributed by atoms with van der Waals surface area (Å²) in [6.07, 6.45) is 1.18. The molecule has 1 aromatic carbocycles. The minimum atomic E-state index is -0.0222. The Morgan fingerprint density at radius 3 is 2.58 bits per heavy atom. The standard InChI is InChI=1S/C19H24N2O2S/c1-14-6-8-16(9-7-14)17(18-5-4-10-24-18)11-19(23)20-12-15(2)21(3)13-22/h4-10,13,15,17H,11-12H2,1-3H3,(H,20,23)/t15-,17?/m1/s1. The van der Waals surface area contributed by atoms with E-state index in [4.69, 9.17) is 0 Å². The average Bonchev–Trinajstić information content (AvgIpc) is 3.12. The molecular formula is C19H24N2O2S. The fraction of sp³-hybridized carbons (Fsp3) is 0.368. The van der Waals surface area contributed by atoms with E-state index in [1.807, 2.05) is 18.4 Å². The van der Waals surface area contributed by atoms with E-state index in [2.05, 4.69) is 42.6 Å². The maximum Gasteiger partial charge on any atom is 0.221 e. The van der Waals surface area contributed by atoms with Gasteiger partial charge in [0.2, 0.25) is 12.3 Å². The third-order valence-electron chi connectivity index (χ3n) is 4.21. The highest BCUT2D eigenvalue weighted by molar-refractivity contribution is 7.10. The molecular weight excluding hydrogens is 320 g/mol. The molecule has 0 saturated heterocycles. The van der Waals surface area contributed by atoms with Gasteiger partial charge < -0.3 is 10.2 Å². The summed E-state index contributed by atoms with van der Waals surface area (Å²) in [5.41, 5.74) is 2.36. The normalized spacial score (nSPS) is 13.1. The maximum absolute atomic E-state index is 12.4. The maximum atomic E-state index is 12.4. The smallest absolute Gasteiger partial charge is 0.221 e. The molecule has 1 unspecified atom stereocenters. The Morgan fingerprint density at radius 2 is 2.00 bits per heavy atom. The lowest BCUT2D eigenvalue weighted by atomic mass is 9.93. The van der Waals surface area contributed by atoms with Crippen molar-refractivity contribution < 1.29 is 9.59 Å². The Kier molecular flexibility index (Phi) is 6.55. The Bertz CT molecular complexity index is 653. The van der Waals surface area contributed by atoms with Crippen LogP contribution in [0.2, 0.25) is 0 Å². The summed E-state index contributed by atoms with van der Waals surface area (Å²) < 4.78 is 0. The zero-order valence-electron chi connectivity index (χ0n) is 14.4. The lowest BCUT2D eigenvalue weighted by Crippen LogP contribution is -2.39.